The Balaban J connectivity index is 3.16. The van der Waals surface area contributed by atoms with Crippen molar-refractivity contribution < 1.29 is 27.8 Å². The van der Waals surface area contributed by atoms with Crippen LogP contribution in [0.3, 0.4) is 0 Å². The van der Waals surface area contributed by atoms with E-state index in [1.807, 2.05) is 0 Å². The fraction of sp³-hybridized carbons (Fsp3) is 0.533. The normalized spacial score (nSPS) is 12.0. The molecule has 1 rings (SSSR count). The Bertz CT molecular complexity index is 681. The first kappa shape index (κ1) is 19.2. The van der Waals surface area contributed by atoms with E-state index in [1.165, 1.54) is 20.3 Å². The summed E-state index contributed by atoms with van der Waals surface area (Å²) in [6.07, 6.45) is 0.0499. The number of ether oxygens (including phenoxy) is 2. The molecule has 0 aliphatic rings. The molecule has 1 aromatic carbocycles. The number of hydrogen-bond acceptors (Lipinski definition) is 5. The van der Waals surface area contributed by atoms with Crippen LogP contribution >= 0.6 is 0 Å². The second-order valence-corrected chi connectivity index (χ2v) is 7.51. The van der Waals surface area contributed by atoms with Gasteiger partial charge >= 0.3 is 5.97 Å². The molecule has 0 aromatic heterocycles. The Labute approximate surface area is 136 Å². The van der Waals surface area contributed by atoms with Crippen molar-refractivity contribution in [2.24, 2.45) is 0 Å². The average molecular weight is 345 g/mol. The van der Waals surface area contributed by atoms with Crippen molar-refractivity contribution in [2.75, 3.05) is 14.2 Å². The van der Waals surface area contributed by atoms with E-state index < -0.39 is 21.5 Å². The van der Waals surface area contributed by atoms with Crippen molar-refractivity contribution in [2.45, 2.75) is 44.0 Å². The van der Waals surface area contributed by atoms with Crippen LogP contribution < -0.4 is 14.2 Å². The maximum atomic E-state index is 12.6. The highest BCUT2D eigenvalue weighted by atomic mass is 32.2. The highest BCUT2D eigenvalue weighted by Gasteiger charge is 2.28. The standard InChI is InChI=1S/C15H23NO6S/c1-10-8-11(21-4)12(22-5)9-13(10)23(19,20)16-15(2,3)7-6-14(17)18/h8-9,16H,6-7H2,1-5H3,(H,17,18). The van der Waals surface area contributed by atoms with E-state index >= 15 is 0 Å². The fourth-order valence-electron chi connectivity index (χ4n) is 2.14. The van der Waals surface area contributed by atoms with Crippen LogP contribution in [0.4, 0.5) is 0 Å². The maximum Gasteiger partial charge on any atom is 0.303 e. The van der Waals surface area contributed by atoms with Crippen LogP contribution in [0.1, 0.15) is 32.3 Å². The van der Waals surface area contributed by atoms with Gasteiger partial charge in [-0.3, -0.25) is 4.79 Å². The number of aliphatic carboxylic acids is 1. The lowest BCUT2D eigenvalue weighted by Gasteiger charge is -2.26. The van der Waals surface area contributed by atoms with Crippen molar-refractivity contribution in [3.63, 3.8) is 0 Å². The van der Waals surface area contributed by atoms with E-state index in [9.17, 15) is 13.2 Å². The Morgan fingerprint density at radius 1 is 1.22 bits per heavy atom. The third kappa shape index (κ3) is 5.11. The van der Waals surface area contributed by atoms with Crippen molar-refractivity contribution in [3.8, 4) is 11.5 Å². The summed E-state index contributed by atoms with van der Waals surface area (Å²) in [7, 11) is -0.937. The Hall–Kier alpha value is -1.80. The van der Waals surface area contributed by atoms with Crippen LogP contribution in [0.5, 0.6) is 11.5 Å². The molecular weight excluding hydrogens is 322 g/mol. The van der Waals surface area contributed by atoms with Gasteiger partial charge in [-0.05, 0) is 38.8 Å². The van der Waals surface area contributed by atoms with Crippen molar-refractivity contribution in [1.82, 2.24) is 4.72 Å². The number of carbonyl (C=O) groups is 1. The third-order valence-corrected chi connectivity index (χ3v) is 5.19. The summed E-state index contributed by atoms with van der Waals surface area (Å²) < 4.78 is 38.1. The molecule has 7 nitrogen and oxygen atoms in total. The molecule has 0 saturated heterocycles. The molecule has 0 fully saturated rings. The SMILES string of the molecule is COc1cc(C)c(S(=O)(=O)NC(C)(C)CCC(=O)O)cc1OC. The lowest BCUT2D eigenvalue weighted by atomic mass is 10.0. The van der Waals surface area contributed by atoms with Gasteiger partial charge < -0.3 is 14.6 Å². The van der Waals surface area contributed by atoms with Crippen molar-refractivity contribution in [3.05, 3.63) is 17.7 Å². The van der Waals surface area contributed by atoms with Gasteiger partial charge in [0.1, 0.15) is 0 Å². The molecule has 8 heteroatoms. The molecule has 0 aliphatic carbocycles. The van der Waals surface area contributed by atoms with Gasteiger partial charge in [-0.2, -0.15) is 0 Å². The Morgan fingerprint density at radius 3 is 2.22 bits per heavy atom. The number of sulfonamides is 1. The average Bonchev–Trinajstić information content (AvgIpc) is 2.43. The van der Waals surface area contributed by atoms with Gasteiger partial charge in [-0.25, -0.2) is 13.1 Å². The first-order chi connectivity index (χ1) is 10.5. The lowest BCUT2D eigenvalue weighted by Crippen LogP contribution is -2.43. The molecule has 130 valence electrons. The Kier molecular flexibility index (Phi) is 6.01. The molecule has 0 heterocycles. The van der Waals surface area contributed by atoms with Crippen LogP contribution in [-0.2, 0) is 14.8 Å². The monoisotopic (exact) mass is 345 g/mol. The van der Waals surface area contributed by atoms with Gasteiger partial charge in [0.25, 0.3) is 0 Å². The van der Waals surface area contributed by atoms with Crippen LogP contribution in [0.15, 0.2) is 17.0 Å². The predicted octanol–water partition coefficient (Wildman–Crippen LogP) is 1.93. The number of benzene rings is 1. The van der Waals surface area contributed by atoms with Crippen LogP contribution in [0, 0.1) is 6.92 Å². The summed E-state index contributed by atoms with van der Waals surface area (Å²) in [5.41, 5.74) is -0.388. The second-order valence-electron chi connectivity index (χ2n) is 5.86. The smallest absolute Gasteiger partial charge is 0.303 e. The van der Waals surface area contributed by atoms with Crippen LogP contribution in [0.25, 0.3) is 0 Å². The number of aryl methyl sites for hydroxylation is 1. The van der Waals surface area contributed by atoms with Gasteiger partial charge in [0.2, 0.25) is 10.0 Å². The molecule has 0 amide bonds. The summed E-state index contributed by atoms with van der Waals surface area (Å²) in [5.74, 6) is -0.226. The van der Waals surface area contributed by atoms with E-state index in [0.717, 1.165) is 0 Å². The zero-order valence-corrected chi connectivity index (χ0v) is 14.8. The number of carboxylic acid groups (broad SMARTS) is 1. The summed E-state index contributed by atoms with van der Waals surface area (Å²) in [5, 5.41) is 8.75. The second kappa shape index (κ2) is 7.18. The number of methoxy groups -OCH3 is 2. The minimum atomic E-state index is -3.83. The highest BCUT2D eigenvalue weighted by molar-refractivity contribution is 7.89. The van der Waals surface area contributed by atoms with Gasteiger partial charge in [-0.1, -0.05) is 0 Å². The molecule has 2 N–H and O–H groups in total. The van der Waals surface area contributed by atoms with E-state index in [0.29, 0.717) is 17.1 Å². The molecule has 0 atom stereocenters. The van der Waals surface area contributed by atoms with Crippen LogP contribution in [0.2, 0.25) is 0 Å². The minimum Gasteiger partial charge on any atom is -0.493 e. The Morgan fingerprint density at radius 2 is 1.74 bits per heavy atom. The van der Waals surface area contributed by atoms with Crippen LogP contribution in [-0.4, -0.2) is 39.3 Å². The number of carboxylic acids is 1. The largest absolute Gasteiger partial charge is 0.493 e. The summed E-state index contributed by atoms with van der Waals surface area (Å²) in [6, 6.07) is 2.97. The molecule has 0 radical (unpaired) electrons. The molecule has 0 bridgehead atoms. The van der Waals surface area contributed by atoms with E-state index in [4.69, 9.17) is 14.6 Å². The fourth-order valence-corrected chi connectivity index (χ4v) is 3.83. The zero-order valence-electron chi connectivity index (χ0n) is 14.0. The van der Waals surface area contributed by atoms with E-state index in [1.54, 1.807) is 26.8 Å². The summed E-state index contributed by atoms with van der Waals surface area (Å²) in [4.78, 5) is 10.8. The number of nitrogens with one attached hydrogen (secondary N) is 1. The highest BCUT2D eigenvalue weighted by Crippen LogP contribution is 2.32. The van der Waals surface area contributed by atoms with Crippen molar-refractivity contribution >= 4 is 16.0 Å². The summed E-state index contributed by atoms with van der Waals surface area (Å²) >= 11 is 0. The van der Waals surface area contributed by atoms with Gasteiger partial charge in [0.15, 0.2) is 11.5 Å². The van der Waals surface area contributed by atoms with Crippen molar-refractivity contribution in [1.29, 1.82) is 0 Å². The predicted molar refractivity (Wildman–Crippen MR) is 85.6 cm³/mol. The lowest BCUT2D eigenvalue weighted by molar-refractivity contribution is -0.137. The third-order valence-electron chi connectivity index (χ3n) is 3.35. The molecular formula is C15H23NO6S. The maximum absolute atomic E-state index is 12.6. The van der Waals surface area contributed by atoms with E-state index in [2.05, 4.69) is 4.72 Å². The van der Waals surface area contributed by atoms with E-state index in [-0.39, 0.29) is 17.7 Å². The van der Waals surface area contributed by atoms with Gasteiger partial charge in [-0.15, -0.1) is 0 Å². The molecule has 1 aromatic rings. The topological polar surface area (TPSA) is 102 Å². The number of rotatable bonds is 8. The minimum absolute atomic E-state index is 0.0681. The first-order valence-corrected chi connectivity index (χ1v) is 8.49. The zero-order chi connectivity index (χ0) is 17.8. The molecule has 0 aliphatic heterocycles. The molecule has 0 saturated carbocycles. The number of hydrogen-bond donors (Lipinski definition) is 2. The molecule has 0 spiro atoms. The van der Waals surface area contributed by atoms with Gasteiger partial charge in [0, 0.05) is 18.0 Å². The van der Waals surface area contributed by atoms with Gasteiger partial charge in [0.05, 0.1) is 19.1 Å². The first-order valence-electron chi connectivity index (χ1n) is 7.01. The quantitative estimate of drug-likeness (QED) is 0.746. The summed E-state index contributed by atoms with van der Waals surface area (Å²) in [6.45, 7) is 4.94. The molecule has 0 unspecified atom stereocenters. The molecule has 23 heavy (non-hydrogen) atoms.